The first-order valence-electron chi connectivity index (χ1n) is 9.15. The quantitative estimate of drug-likeness (QED) is 0.296. The van der Waals surface area contributed by atoms with E-state index in [4.69, 9.17) is 18.6 Å². The molecule has 0 unspecified atom stereocenters. The molecule has 1 aromatic heterocycles. The molecule has 13 nitrogen and oxygen atoms in total. The molecule has 0 radical (unpaired) electrons. The van der Waals surface area contributed by atoms with Crippen LogP contribution in [0, 0.1) is 0 Å². The second-order valence-electron chi connectivity index (χ2n) is 9.24. The molecule has 0 aliphatic heterocycles. The molecule has 0 fully saturated rings. The summed E-state index contributed by atoms with van der Waals surface area (Å²) in [5, 5.41) is 18.0. The molecule has 0 aliphatic carbocycles. The second-order valence-corrected chi connectivity index (χ2v) is 9.24. The van der Waals surface area contributed by atoms with Crippen LogP contribution in [0.4, 0.5) is 20.4 Å². The Bertz CT molecular complexity index is 822. The van der Waals surface area contributed by atoms with Crippen molar-refractivity contribution in [1.82, 2.24) is 15.2 Å². The number of hydrogen-bond donors (Lipinski definition) is 0. The van der Waals surface area contributed by atoms with Gasteiger partial charge in [0.2, 0.25) is 0 Å². The Morgan fingerprint density at radius 1 is 0.750 bits per heavy atom. The van der Waals surface area contributed by atoms with E-state index >= 15 is 0 Å². The minimum absolute atomic E-state index is 0. The summed E-state index contributed by atoms with van der Waals surface area (Å²) in [6.07, 6.45) is -4.01. The summed E-state index contributed by atoms with van der Waals surface area (Å²) in [5.74, 6) is -2.85. The topological polar surface area (TPSA) is 164 Å². The summed E-state index contributed by atoms with van der Waals surface area (Å²) in [4.78, 5) is 49.6. The molecule has 174 valence electrons. The predicted molar refractivity (Wildman–Crippen MR) is 102 cm³/mol. The van der Waals surface area contributed by atoms with Crippen molar-refractivity contribution >= 4 is 30.3 Å². The van der Waals surface area contributed by atoms with Gasteiger partial charge in [-0.3, -0.25) is 0 Å². The van der Waals surface area contributed by atoms with E-state index in [-0.39, 0.29) is 61.4 Å². The molecule has 1 aromatic rings. The molecule has 0 aromatic carbocycles. The van der Waals surface area contributed by atoms with Gasteiger partial charge < -0.3 is 28.5 Å². The van der Waals surface area contributed by atoms with Crippen LogP contribution in [0.2, 0.25) is 0 Å². The van der Waals surface area contributed by atoms with Crippen molar-refractivity contribution in [2.75, 3.05) is 5.01 Å². The Labute approximate surface area is 228 Å². The third kappa shape index (κ3) is 9.81. The van der Waals surface area contributed by atoms with Crippen molar-refractivity contribution in [2.45, 2.75) is 79.1 Å². The molecule has 0 N–H and O–H groups in total. The van der Waals surface area contributed by atoms with Crippen molar-refractivity contribution < 1.29 is 94.3 Å². The van der Waals surface area contributed by atoms with Crippen molar-refractivity contribution in [2.24, 2.45) is 0 Å². The van der Waals surface area contributed by atoms with E-state index in [1.807, 2.05) is 0 Å². The van der Waals surface area contributed by atoms with E-state index in [1.54, 1.807) is 0 Å². The molecule has 1 heterocycles. The maximum atomic E-state index is 12.9. The standard InChI is InChI=1S/C18H28N4O9.K/c1-16(2,3)29-13(25)21(12-20-19-10(28-12)11(23)24)22(14(26)30-17(4,5)6)15(27)31-18(7,8)9;/h1-9H3,(H,23,24);/q;+1/p-1. The van der Waals surface area contributed by atoms with E-state index in [2.05, 4.69) is 10.2 Å². The molecule has 1 rings (SSSR count). The summed E-state index contributed by atoms with van der Waals surface area (Å²) >= 11 is 0. The molecule has 0 bridgehead atoms. The van der Waals surface area contributed by atoms with Crippen molar-refractivity contribution in [3.05, 3.63) is 5.89 Å². The number of aromatic nitrogens is 2. The monoisotopic (exact) mass is 482 g/mol. The van der Waals surface area contributed by atoms with Crippen LogP contribution in [0.15, 0.2) is 4.42 Å². The Kier molecular flexibility index (Phi) is 10.3. The maximum absolute atomic E-state index is 12.9. The van der Waals surface area contributed by atoms with Crippen LogP contribution in [0.5, 0.6) is 0 Å². The molecular weight excluding hydrogens is 455 g/mol. The number of aromatic carboxylic acids is 1. The number of hydrogen-bond acceptors (Lipinski definition) is 11. The first-order valence-corrected chi connectivity index (χ1v) is 9.15. The average molecular weight is 483 g/mol. The molecule has 0 atom stereocenters. The van der Waals surface area contributed by atoms with Crippen molar-refractivity contribution in [3.8, 4) is 0 Å². The van der Waals surface area contributed by atoms with Crippen LogP contribution >= 0.6 is 0 Å². The number of carboxylic acid groups (broad SMARTS) is 1. The largest absolute Gasteiger partial charge is 1.00 e. The molecule has 0 saturated carbocycles. The number of carboxylic acids is 1. The van der Waals surface area contributed by atoms with Crippen LogP contribution in [0.3, 0.4) is 0 Å². The normalized spacial score (nSPS) is 11.7. The fraction of sp³-hybridized carbons (Fsp3) is 0.667. The molecule has 0 aliphatic rings. The minimum Gasteiger partial charge on any atom is -0.540 e. The van der Waals surface area contributed by atoms with E-state index in [1.165, 1.54) is 62.3 Å². The third-order valence-corrected chi connectivity index (χ3v) is 2.67. The van der Waals surface area contributed by atoms with Gasteiger partial charge in [0.15, 0.2) is 0 Å². The van der Waals surface area contributed by atoms with Crippen molar-refractivity contribution in [1.29, 1.82) is 0 Å². The zero-order valence-electron chi connectivity index (χ0n) is 20.0. The Morgan fingerprint density at radius 2 is 1.12 bits per heavy atom. The number of imide groups is 1. The van der Waals surface area contributed by atoms with Gasteiger partial charge in [-0.05, 0) is 62.3 Å². The smallest absolute Gasteiger partial charge is 0.540 e. The number of ether oxygens (including phenoxy) is 3. The van der Waals surface area contributed by atoms with E-state index in [0.29, 0.717) is 0 Å². The van der Waals surface area contributed by atoms with E-state index < -0.39 is 53.0 Å². The zero-order chi connectivity index (χ0) is 24.4. The van der Waals surface area contributed by atoms with Gasteiger partial charge in [-0.2, -0.15) is 0 Å². The number of carbonyl (C=O) groups excluding carboxylic acids is 4. The summed E-state index contributed by atoms with van der Waals surface area (Å²) < 4.78 is 20.5. The summed E-state index contributed by atoms with van der Waals surface area (Å²) in [5.41, 5.74) is -3.25. The first kappa shape index (κ1) is 30.3. The van der Waals surface area contributed by atoms with Crippen LogP contribution in [-0.2, 0) is 14.2 Å². The minimum atomic E-state index is -1.84. The van der Waals surface area contributed by atoms with Gasteiger partial charge in [-0.15, -0.1) is 15.1 Å². The van der Waals surface area contributed by atoms with Gasteiger partial charge in [0.05, 0.1) is 0 Å². The zero-order valence-corrected chi connectivity index (χ0v) is 23.1. The van der Waals surface area contributed by atoms with E-state index in [0.717, 1.165) is 0 Å². The molecule has 14 heteroatoms. The van der Waals surface area contributed by atoms with Crippen molar-refractivity contribution in [3.63, 3.8) is 0 Å². The van der Waals surface area contributed by atoms with Crippen LogP contribution in [0.1, 0.15) is 73.0 Å². The fourth-order valence-electron chi connectivity index (χ4n) is 1.78. The third-order valence-electron chi connectivity index (χ3n) is 2.67. The number of hydrazine groups is 1. The summed E-state index contributed by atoms with van der Waals surface area (Å²) in [6, 6.07) is -0.870. The Morgan fingerprint density at radius 3 is 1.44 bits per heavy atom. The number of anilines is 1. The van der Waals surface area contributed by atoms with Gasteiger partial charge >= 0.3 is 75.7 Å². The Hall–Kier alpha value is -1.74. The van der Waals surface area contributed by atoms with Gasteiger partial charge in [-0.1, -0.05) is 5.10 Å². The maximum Gasteiger partial charge on any atom is 1.00 e. The molecular formula is C18H27KN4O9. The number of amides is 3. The first-order chi connectivity index (χ1) is 13.8. The van der Waals surface area contributed by atoms with Crippen LogP contribution in [0.25, 0.3) is 0 Å². The summed E-state index contributed by atoms with van der Waals surface area (Å²) in [6.45, 7) is 13.7. The summed E-state index contributed by atoms with van der Waals surface area (Å²) in [7, 11) is 0. The predicted octanol–water partition coefficient (Wildman–Crippen LogP) is -0.734. The SMILES string of the molecule is CC(C)(C)OC(=O)N(C(=O)OC(C)(C)C)N(C(=O)OC(C)(C)C)c1nnc(C(=O)[O-])o1.[K+]. The van der Waals surface area contributed by atoms with Gasteiger partial charge in [0.25, 0.3) is 5.89 Å². The average Bonchev–Trinajstić information content (AvgIpc) is 2.96. The van der Waals surface area contributed by atoms with Crippen LogP contribution in [-0.4, -0.2) is 56.3 Å². The number of carbonyl (C=O) groups is 4. The van der Waals surface area contributed by atoms with Gasteiger partial charge in [-0.25, -0.2) is 14.4 Å². The fourth-order valence-corrected chi connectivity index (χ4v) is 1.78. The number of nitrogens with zero attached hydrogens (tertiary/aromatic N) is 4. The van der Waals surface area contributed by atoms with Gasteiger partial charge in [0.1, 0.15) is 22.8 Å². The Balaban J connectivity index is 0.00000961. The second kappa shape index (κ2) is 10.9. The number of rotatable bonds is 2. The van der Waals surface area contributed by atoms with Gasteiger partial charge in [0, 0.05) is 0 Å². The molecule has 0 saturated heterocycles. The molecule has 0 spiro atoms. The molecule has 3 amide bonds. The van der Waals surface area contributed by atoms with Crippen LogP contribution < -0.4 is 61.5 Å². The molecule has 32 heavy (non-hydrogen) atoms. The van der Waals surface area contributed by atoms with E-state index in [9.17, 15) is 24.3 Å².